The maximum atomic E-state index is 12.5. The van der Waals surface area contributed by atoms with Gasteiger partial charge in [0.2, 0.25) is 5.91 Å². The van der Waals surface area contributed by atoms with E-state index in [2.05, 4.69) is 58.2 Å². The van der Waals surface area contributed by atoms with Crippen molar-refractivity contribution < 1.29 is 9.59 Å². The lowest BCUT2D eigenvalue weighted by Gasteiger charge is -2.08. The van der Waals surface area contributed by atoms with Crippen molar-refractivity contribution in [2.24, 2.45) is 0 Å². The Morgan fingerprint density at radius 1 is 1.00 bits per heavy atom. The fourth-order valence-electron chi connectivity index (χ4n) is 2.79. The van der Waals surface area contributed by atoms with Crippen LogP contribution in [0.25, 0.3) is 0 Å². The van der Waals surface area contributed by atoms with E-state index in [1.807, 2.05) is 0 Å². The van der Waals surface area contributed by atoms with Gasteiger partial charge in [0.1, 0.15) is 5.82 Å². The summed E-state index contributed by atoms with van der Waals surface area (Å²) in [5.41, 5.74) is 2.52. The fourth-order valence-corrected chi connectivity index (χ4v) is 4.54. The molecule has 0 unspecified atom stereocenters. The first-order valence-electron chi connectivity index (χ1n) is 9.61. The molecule has 0 radical (unpaired) electrons. The predicted octanol–water partition coefficient (Wildman–Crippen LogP) is 4.83. The maximum Gasteiger partial charge on any atom is 0.221 e. The van der Waals surface area contributed by atoms with Crippen molar-refractivity contribution >= 4 is 40.9 Å². The molecular formula is C22H24N4O2S2. The summed E-state index contributed by atoms with van der Waals surface area (Å²) in [5.74, 6) is 1.78. The highest BCUT2D eigenvalue weighted by Gasteiger charge is 2.14. The molecule has 0 aliphatic carbocycles. The number of carbonyl (C=O) groups is 2. The first kappa shape index (κ1) is 22.1. The largest absolute Gasteiger partial charge is 0.326 e. The Morgan fingerprint density at radius 3 is 2.33 bits per heavy atom. The van der Waals surface area contributed by atoms with Crippen LogP contribution in [0.2, 0.25) is 0 Å². The summed E-state index contributed by atoms with van der Waals surface area (Å²) < 4.78 is 2.05. The summed E-state index contributed by atoms with van der Waals surface area (Å²) in [6, 6.07) is 15.3. The normalized spacial score (nSPS) is 10.8. The lowest BCUT2D eigenvalue weighted by atomic mass is 10.1. The molecule has 3 aromatic rings. The molecule has 0 aliphatic heterocycles. The number of carbonyl (C=O) groups excluding carboxylic acids is 2. The maximum absolute atomic E-state index is 12.5. The van der Waals surface area contributed by atoms with E-state index in [0.29, 0.717) is 11.3 Å². The fraction of sp³-hybridized carbons (Fsp3) is 0.273. The Hall–Kier alpha value is -2.58. The molecule has 0 bridgehead atoms. The third kappa shape index (κ3) is 5.96. The van der Waals surface area contributed by atoms with Crippen molar-refractivity contribution in [3.05, 3.63) is 65.5 Å². The molecule has 8 heteroatoms. The molecule has 156 valence electrons. The van der Waals surface area contributed by atoms with E-state index < -0.39 is 0 Å². The molecule has 0 spiro atoms. The van der Waals surface area contributed by atoms with Crippen LogP contribution in [-0.4, -0.2) is 32.2 Å². The molecule has 6 nitrogen and oxygen atoms in total. The van der Waals surface area contributed by atoms with Gasteiger partial charge in [-0.05, 0) is 50.2 Å². The summed E-state index contributed by atoms with van der Waals surface area (Å²) >= 11 is 3.12. The Morgan fingerprint density at radius 2 is 1.70 bits per heavy atom. The Bertz CT molecular complexity index is 1010. The molecule has 1 heterocycles. The van der Waals surface area contributed by atoms with Crippen LogP contribution in [0.4, 0.5) is 5.69 Å². The molecule has 1 N–H and O–H groups in total. The zero-order valence-corrected chi connectivity index (χ0v) is 18.8. The number of nitrogens with one attached hydrogen (secondary N) is 1. The third-order valence-electron chi connectivity index (χ3n) is 4.36. The smallest absolute Gasteiger partial charge is 0.221 e. The Kier molecular flexibility index (Phi) is 7.70. The van der Waals surface area contributed by atoms with E-state index in [9.17, 15) is 9.59 Å². The van der Waals surface area contributed by atoms with E-state index in [1.54, 1.807) is 36.0 Å². The number of amides is 1. The standard InChI is InChI=1S/C22H24N4O2S2/c1-4-26-21(14-29-19-11-5-15(2)6-12-19)24-25-22(26)30-13-20(28)17-7-9-18(10-8-17)23-16(3)27/h5-12H,4,13-14H2,1-3H3,(H,23,27). The van der Waals surface area contributed by atoms with Gasteiger partial charge < -0.3 is 9.88 Å². The number of hydrogen-bond acceptors (Lipinski definition) is 6. The lowest BCUT2D eigenvalue weighted by Crippen LogP contribution is -2.07. The molecular weight excluding hydrogens is 416 g/mol. The molecule has 0 aliphatic rings. The number of aromatic nitrogens is 3. The first-order valence-corrected chi connectivity index (χ1v) is 11.6. The Balaban J connectivity index is 1.59. The monoisotopic (exact) mass is 440 g/mol. The second-order valence-corrected chi connectivity index (χ2v) is 8.71. The van der Waals surface area contributed by atoms with Gasteiger partial charge in [-0.2, -0.15) is 0 Å². The highest BCUT2D eigenvalue weighted by Crippen LogP contribution is 2.25. The van der Waals surface area contributed by atoms with Crippen molar-refractivity contribution in [3.63, 3.8) is 0 Å². The molecule has 30 heavy (non-hydrogen) atoms. The minimum atomic E-state index is -0.139. The highest BCUT2D eigenvalue weighted by atomic mass is 32.2. The van der Waals surface area contributed by atoms with Crippen molar-refractivity contribution in [2.75, 3.05) is 11.1 Å². The highest BCUT2D eigenvalue weighted by molar-refractivity contribution is 7.99. The van der Waals surface area contributed by atoms with Crippen LogP contribution in [0.5, 0.6) is 0 Å². The van der Waals surface area contributed by atoms with Gasteiger partial charge in [-0.15, -0.1) is 22.0 Å². The third-order valence-corrected chi connectivity index (χ3v) is 6.33. The number of nitrogens with zero attached hydrogens (tertiary/aromatic N) is 3. The van der Waals surface area contributed by atoms with Crippen LogP contribution < -0.4 is 5.32 Å². The van der Waals surface area contributed by atoms with Crippen LogP contribution in [-0.2, 0) is 17.1 Å². The van der Waals surface area contributed by atoms with Gasteiger partial charge in [0.25, 0.3) is 0 Å². The van der Waals surface area contributed by atoms with E-state index in [1.165, 1.54) is 29.1 Å². The van der Waals surface area contributed by atoms with Gasteiger partial charge in [-0.25, -0.2) is 0 Å². The molecule has 0 fully saturated rings. The topological polar surface area (TPSA) is 76.9 Å². The van der Waals surface area contributed by atoms with Gasteiger partial charge in [-0.1, -0.05) is 29.5 Å². The van der Waals surface area contributed by atoms with E-state index in [-0.39, 0.29) is 17.4 Å². The summed E-state index contributed by atoms with van der Waals surface area (Å²) in [7, 11) is 0. The average molecular weight is 441 g/mol. The predicted molar refractivity (Wildman–Crippen MR) is 122 cm³/mol. The van der Waals surface area contributed by atoms with Crippen molar-refractivity contribution in [1.82, 2.24) is 14.8 Å². The second kappa shape index (κ2) is 10.4. The summed E-state index contributed by atoms with van der Waals surface area (Å²) in [6.07, 6.45) is 0. The lowest BCUT2D eigenvalue weighted by molar-refractivity contribution is -0.114. The summed E-state index contributed by atoms with van der Waals surface area (Å²) in [6.45, 7) is 6.33. The number of ketones is 1. The number of Topliss-reactive ketones (excluding diaryl/α,β-unsaturated/α-hetero) is 1. The number of rotatable bonds is 9. The molecule has 1 amide bonds. The molecule has 0 saturated carbocycles. The Labute approximate surface area is 184 Å². The SMILES string of the molecule is CCn1c(CSc2ccc(C)cc2)nnc1SCC(=O)c1ccc(NC(C)=O)cc1. The molecule has 0 atom stereocenters. The van der Waals surface area contributed by atoms with Gasteiger partial charge in [0.15, 0.2) is 10.9 Å². The molecule has 2 aromatic carbocycles. The number of benzene rings is 2. The van der Waals surface area contributed by atoms with Gasteiger partial charge in [-0.3, -0.25) is 9.59 Å². The van der Waals surface area contributed by atoms with Crippen molar-refractivity contribution in [2.45, 2.75) is 43.1 Å². The molecule has 0 saturated heterocycles. The minimum absolute atomic E-state index is 0.00982. The van der Waals surface area contributed by atoms with Crippen LogP contribution in [0.1, 0.15) is 35.6 Å². The number of anilines is 1. The molecule has 1 aromatic heterocycles. The summed E-state index contributed by atoms with van der Waals surface area (Å²) in [5, 5.41) is 12.1. The number of hydrogen-bond donors (Lipinski definition) is 1. The second-order valence-electron chi connectivity index (χ2n) is 6.72. The van der Waals surface area contributed by atoms with Crippen LogP contribution >= 0.6 is 23.5 Å². The minimum Gasteiger partial charge on any atom is -0.326 e. The number of thioether (sulfide) groups is 2. The van der Waals surface area contributed by atoms with Gasteiger partial charge in [0, 0.05) is 29.6 Å². The quantitative estimate of drug-likeness (QED) is 0.379. The van der Waals surface area contributed by atoms with Crippen molar-refractivity contribution in [1.29, 1.82) is 0 Å². The van der Waals surface area contributed by atoms with Crippen LogP contribution in [0.3, 0.4) is 0 Å². The van der Waals surface area contributed by atoms with Crippen LogP contribution in [0.15, 0.2) is 58.6 Å². The number of aryl methyl sites for hydroxylation is 1. The summed E-state index contributed by atoms with van der Waals surface area (Å²) in [4.78, 5) is 24.8. The average Bonchev–Trinajstić information content (AvgIpc) is 3.13. The van der Waals surface area contributed by atoms with E-state index >= 15 is 0 Å². The van der Waals surface area contributed by atoms with Gasteiger partial charge >= 0.3 is 0 Å². The van der Waals surface area contributed by atoms with E-state index in [4.69, 9.17) is 0 Å². The zero-order chi connectivity index (χ0) is 21.5. The van der Waals surface area contributed by atoms with Crippen molar-refractivity contribution in [3.8, 4) is 0 Å². The first-order chi connectivity index (χ1) is 14.5. The van der Waals surface area contributed by atoms with Crippen LogP contribution in [0, 0.1) is 6.92 Å². The zero-order valence-electron chi connectivity index (χ0n) is 17.2. The van der Waals surface area contributed by atoms with E-state index in [0.717, 1.165) is 23.3 Å². The van der Waals surface area contributed by atoms with Gasteiger partial charge in [0.05, 0.1) is 11.5 Å². The molecule has 3 rings (SSSR count).